The van der Waals surface area contributed by atoms with Crippen LogP contribution in [0.2, 0.25) is 5.02 Å². The molecule has 4 heteroatoms. The summed E-state index contributed by atoms with van der Waals surface area (Å²) in [5, 5.41) is 7.27. The minimum atomic E-state index is 0.317. The number of carbonyl (C=O) groups excluding carboxylic acids is 1. The number of rotatable bonds is 2. The van der Waals surface area contributed by atoms with E-state index >= 15 is 0 Å². The van der Waals surface area contributed by atoms with Gasteiger partial charge in [0.05, 0.1) is 5.02 Å². The molecule has 0 aliphatic carbocycles. The van der Waals surface area contributed by atoms with Crippen molar-refractivity contribution in [2.24, 2.45) is 0 Å². The number of halogens is 1. The van der Waals surface area contributed by atoms with Crippen LogP contribution < -0.4 is 5.73 Å². The van der Waals surface area contributed by atoms with Crippen LogP contribution in [-0.4, -0.2) is 12.5 Å². The predicted molar refractivity (Wildman–Crippen MR) is 49.1 cm³/mol. The SMILES string of the molecule is N=Cc1cc(Cl)c(C=O)cc1N. The smallest absolute Gasteiger partial charge is 0.151 e. The Morgan fingerprint density at radius 3 is 2.58 bits per heavy atom. The Morgan fingerprint density at radius 2 is 2.08 bits per heavy atom. The summed E-state index contributed by atoms with van der Waals surface area (Å²) in [4.78, 5) is 10.4. The van der Waals surface area contributed by atoms with Gasteiger partial charge in [-0.25, -0.2) is 0 Å². The van der Waals surface area contributed by atoms with E-state index in [0.29, 0.717) is 28.1 Å². The monoisotopic (exact) mass is 182 g/mol. The lowest BCUT2D eigenvalue weighted by Crippen LogP contribution is -1.95. The highest BCUT2D eigenvalue weighted by atomic mass is 35.5. The number of hydrogen-bond acceptors (Lipinski definition) is 3. The maximum atomic E-state index is 10.4. The van der Waals surface area contributed by atoms with Crippen LogP contribution in [0.25, 0.3) is 0 Å². The van der Waals surface area contributed by atoms with Crippen LogP contribution in [0.1, 0.15) is 15.9 Å². The van der Waals surface area contributed by atoms with E-state index in [1.165, 1.54) is 12.1 Å². The Bertz CT molecular complexity index is 302. The number of anilines is 1. The lowest BCUT2D eigenvalue weighted by Gasteiger charge is -2.01. The summed E-state index contributed by atoms with van der Waals surface area (Å²) < 4.78 is 0. The van der Waals surface area contributed by atoms with E-state index in [4.69, 9.17) is 22.7 Å². The van der Waals surface area contributed by atoms with Crippen LogP contribution in [-0.2, 0) is 0 Å². The van der Waals surface area contributed by atoms with Gasteiger partial charge in [-0.15, -0.1) is 0 Å². The van der Waals surface area contributed by atoms with E-state index in [1.807, 2.05) is 0 Å². The first-order valence-electron chi connectivity index (χ1n) is 3.23. The Balaban J connectivity index is 3.34. The van der Waals surface area contributed by atoms with Crippen LogP contribution in [0.15, 0.2) is 12.1 Å². The third-order valence-electron chi connectivity index (χ3n) is 1.48. The third kappa shape index (κ3) is 1.46. The molecule has 62 valence electrons. The molecule has 0 radical (unpaired) electrons. The first-order valence-corrected chi connectivity index (χ1v) is 3.61. The molecule has 1 rings (SSSR count). The number of nitrogens with one attached hydrogen (secondary N) is 1. The molecule has 0 atom stereocenters. The second-order valence-corrected chi connectivity index (χ2v) is 2.67. The normalized spacial score (nSPS) is 9.42. The van der Waals surface area contributed by atoms with Crippen molar-refractivity contribution in [1.82, 2.24) is 0 Å². The maximum absolute atomic E-state index is 10.4. The van der Waals surface area contributed by atoms with Crippen LogP contribution in [0.3, 0.4) is 0 Å². The van der Waals surface area contributed by atoms with Gasteiger partial charge in [-0.3, -0.25) is 4.79 Å². The standard InChI is InChI=1S/C8H7ClN2O/c9-7-1-5(3-10)8(11)2-6(7)4-12/h1-4,10H,11H2. The topological polar surface area (TPSA) is 66.9 Å². The number of nitrogens with two attached hydrogens (primary N) is 1. The molecule has 12 heavy (non-hydrogen) atoms. The molecule has 3 nitrogen and oxygen atoms in total. The minimum absolute atomic E-state index is 0.317. The van der Waals surface area contributed by atoms with Gasteiger partial charge in [0.25, 0.3) is 0 Å². The molecule has 0 amide bonds. The summed E-state index contributed by atoms with van der Waals surface area (Å²) in [6.45, 7) is 0. The first kappa shape index (κ1) is 8.74. The molecule has 0 aromatic heterocycles. The van der Waals surface area contributed by atoms with E-state index in [9.17, 15) is 4.79 Å². The maximum Gasteiger partial charge on any atom is 0.151 e. The van der Waals surface area contributed by atoms with Crippen LogP contribution in [0, 0.1) is 5.41 Å². The van der Waals surface area contributed by atoms with Crippen molar-refractivity contribution in [2.45, 2.75) is 0 Å². The van der Waals surface area contributed by atoms with Crippen molar-refractivity contribution in [1.29, 1.82) is 5.41 Å². The fraction of sp³-hybridized carbons (Fsp3) is 0. The zero-order chi connectivity index (χ0) is 9.14. The average Bonchev–Trinajstić information content (AvgIpc) is 2.08. The van der Waals surface area contributed by atoms with Gasteiger partial charge in [-0.1, -0.05) is 11.6 Å². The Morgan fingerprint density at radius 1 is 1.42 bits per heavy atom. The Labute approximate surface area is 74.7 Å². The lowest BCUT2D eigenvalue weighted by atomic mass is 10.1. The zero-order valence-electron chi connectivity index (χ0n) is 6.17. The molecule has 0 saturated heterocycles. The van der Waals surface area contributed by atoms with Crippen molar-refractivity contribution < 1.29 is 4.79 Å². The van der Waals surface area contributed by atoms with Gasteiger partial charge >= 0.3 is 0 Å². The lowest BCUT2D eigenvalue weighted by molar-refractivity contribution is 0.112. The largest absolute Gasteiger partial charge is 0.398 e. The predicted octanol–water partition coefficient (Wildman–Crippen LogP) is 1.73. The number of benzene rings is 1. The van der Waals surface area contributed by atoms with Crippen LogP contribution >= 0.6 is 11.6 Å². The summed E-state index contributed by atoms with van der Waals surface area (Å²) in [5.74, 6) is 0. The second kappa shape index (κ2) is 3.36. The van der Waals surface area contributed by atoms with Gasteiger partial charge in [0.1, 0.15) is 0 Å². The zero-order valence-corrected chi connectivity index (χ0v) is 6.93. The quantitative estimate of drug-likeness (QED) is 0.416. The van der Waals surface area contributed by atoms with Crippen LogP contribution in [0.5, 0.6) is 0 Å². The molecular weight excluding hydrogens is 176 g/mol. The van der Waals surface area contributed by atoms with E-state index in [0.717, 1.165) is 6.21 Å². The minimum Gasteiger partial charge on any atom is -0.398 e. The van der Waals surface area contributed by atoms with Crippen molar-refractivity contribution in [3.05, 3.63) is 28.3 Å². The molecule has 0 saturated carbocycles. The highest BCUT2D eigenvalue weighted by molar-refractivity contribution is 6.33. The van der Waals surface area contributed by atoms with Gasteiger partial charge in [0, 0.05) is 23.0 Å². The van der Waals surface area contributed by atoms with Gasteiger partial charge in [0.2, 0.25) is 0 Å². The van der Waals surface area contributed by atoms with Crippen molar-refractivity contribution >= 4 is 29.8 Å². The van der Waals surface area contributed by atoms with Crippen LogP contribution in [0.4, 0.5) is 5.69 Å². The average molecular weight is 183 g/mol. The highest BCUT2D eigenvalue weighted by Gasteiger charge is 2.03. The molecule has 0 heterocycles. The van der Waals surface area contributed by atoms with Gasteiger partial charge in [-0.05, 0) is 12.1 Å². The summed E-state index contributed by atoms with van der Waals surface area (Å²) >= 11 is 5.69. The van der Waals surface area contributed by atoms with E-state index < -0.39 is 0 Å². The summed E-state index contributed by atoms with van der Waals surface area (Å²) in [6.07, 6.45) is 1.72. The molecule has 3 N–H and O–H groups in total. The molecule has 0 unspecified atom stereocenters. The molecule has 1 aromatic rings. The summed E-state index contributed by atoms with van der Waals surface area (Å²) in [5.41, 5.74) is 6.76. The molecular formula is C8H7ClN2O. The molecule has 1 aromatic carbocycles. The Kier molecular flexibility index (Phi) is 2.45. The number of nitrogen functional groups attached to an aromatic ring is 1. The number of hydrogen-bond donors (Lipinski definition) is 2. The van der Waals surface area contributed by atoms with Gasteiger partial charge in [-0.2, -0.15) is 0 Å². The van der Waals surface area contributed by atoms with E-state index in [2.05, 4.69) is 0 Å². The molecule has 0 spiro atoms. The fourth-order valence-corrected chi connectivity index (χ4v) is 1.05. The summed E-state index contributed by atoms with van der Waals surface area (Å²) in [7, 11) is 0. The highest BCUT2D eigenvalue weighted by Crippen LogP contribution is 2.20. The van der Waals surface area contributed by atoms with Gasteiger partial charge in [0.15, 0.2) is 6.29 Å². The third-order valence-corrected chi connectivity index (χ3v) is 1.81. The second-order valence-electron chi connectivity index (χ2n) is 2.26. The molecule has 0 fully saturated rings. The first-order chi connectivity index (χ1) is 5.69. The van der Waals surface area contributed by atoms with Crippen molar-refractivity contribution in [3.8, 4) is 0 Å². The summed E-state index contributed by atoms with van der Waals surface area (Å²) in [6, 6.07) is 2.95. The molecule has 0 bridgehead atoms. The Hall–Kier alpha value is -1.35. The van der Waals surface area contributed by atoms with E-state index in [1.54, 1.807) is 0 Å². The molecule has 0 aliphatic heterocycles. The van der Waals surface area contributed by atoms with E-state index in [-0.39, 0.29) is 0 Å². The fourth-order valence-electron chi connectivity index (χ4n) is 0.838. The molecule has 0 aliphatic rings. The number of aldehydes is 1. The van der Waals surface area contributed by atoms with Crippen molar-refractivity contribution in [3.63, 3.8) is 0 Å². The van der Waals surface area contributed by atoms with Gasteiger partial charge < -0.3 is 11.1 Å². The van der Waals surface area contributed by atoms with Crippen molar-refractivity contribution in [2.75, 3.05) is 5.73 Å². The number of carbonyl (C=O) groups is 1.